The summed E-state index contributed by atoms with van der Waals surface area (Å²) in [5.74, 6) is 0.774. The van der Waals surface area contributed by atoms with Crippen molar-refractivity contribution < 1.29 is 9.53 Å². The Balaban J connectivity index is 2.39. The number of aryl methyl sites for hydroxylation is 1. The number of rotatable bonds is 3. The van der Waals surface area contributed by atoms with Crippen molar-refractivity contribution >= 4 is 33.0 Å². The molecule has 0 saturated heterocycles. The van der Waals surface area contributed by atoms with E-state index in [1.807, 2.05) is 18.4 Å². The molecule has 0 saturated carbocycles. The molecule has 0 N–H and O–H groups in total. The summed E-state index contributed by atoms with van der Waals surface area (Å²) in [4.78, 5) is 13.3. The summed E-state index contributed by atoms with van der Waals surface area (Å²) >= 11 is 4.96. The molecule has 2 aromatic rings. The Kier molecular flexibility index (Phi) is 3.64. The monoisotopic (exact) mass is 310 g/mol. The molecular formula is C13H11BrO2S. The summed E-state index contributed by atoms with van der Waals surface area (Å²) in [6, 6.07) is 7.22. The number of hydrogen-bond acceptors (Lipinski definition) is 3. The van der Waals surface area contributed by atoms with E-state index in [1.165, 1.54) is 0 Å². The summed E-state index contributed by atoms with van der Waals surface area (Å²) in [7, 11) is 1.60. The Morgan fingerprint density at radius 2 is 2.12 bits per heavy atom. The van der Waals surface area contributed by atoms with Gasteiger partial charge in [0, 0.05) is 16.0 Å². The molecule has 0 atom stereocenters. The second-order valence-corrected chi connectivity index (χ2v) is 5.54. The third-order valence-electron chi connectivity index (χ3n) is 2.52. The number of halogens is 1. The third-order valence-corrected chi connectivity index (χ3v) is 3.98. The summed E-state index contributed by atoms with van der Waals surface area (Å²) in [6.45, 7) is 1.95. The van der Waals surface area contributed by atoms with E-state index in [1.54, 1.807) is 36.6 Å². The largest absolute Gasteiger partial charge is 0.496 e. The molecule has 17 heavy (non-hydrogen) atoms. The third kappa shape index (κ3) is 2.42. The molecule has 2 nitrogen and oxygen atoms in total. The van der Waals surface area contributed by atoms with Gasteiger partial charge >= 0.3 is 0 Å². The maximum absolute atomic E-state index is 12.2. The fraction of sp³-hybridized carbons (Fsp3) is 0.154. The van der Waals surface area contributed by atoms with Gasteiger partial charge in [-0.15, -0.1) is 11.3 Å². The Labute approximate surface area is 112 Å². The maximum Gasteiger partial charge on any atom is 0.194 e. The van der Waals surface area contributed by atoms with Crippen molar-refractivity contribution in [2.75, 3.05) is 7.11 Å². The van der Waals surface area contributed by atoms with E-state index in [9.17, 15) is 4.79 Å². The number of carbonyl (C=O) groups excluding carboxylic acids is 1. The Bertz CT molecular complexity index is 560. The second kappa shape index (κ2) is 5.02. The van der Waals surface area contributed by atoms with Gasteiger partial charge in [0.2, 0.25) is 0 Å². The molecule has 1 aromatic carbocycles. The lowest BCUT2D eigenvalue weighted by atomic mass is 10.0. The number of ketones is 1. The molecule has 1 heterocycles. The fourth-order valence-corrected chi connectivity index (χ4v) is 2.82. The van der Waals surface area contributed by atoms with Crippen molar-refractivity contribution in [2.45, 2.75) is 6.92 Å². The van der Waals surface area contributed by atoms with E-state index in [0.29, 0.717) is 5.56 Å². The summed E-state index contributed by atoms with van der Waals surface area (Å²) < 4.78 is 5.93. The first-order valence-electron chi connectivity index (χ1n) is 5.06. The molecule has 0 unspecified atom stereocenters. The summed E-state index contributed by atoms with van der Waals surface area (Å²) in [5.41, 5.74) is 1.44. The minimum atomic E-state index is 0.0482. The van der Waals surface area contributed by atoms with Gasteiger partial charge < -0.3 is 4.74 Å². The van der Waals surface area contributed by atoms with Crippen LogP contribution in [0.15, 0.2) is 34.1 Å². The van der Waals surface area contributed by atoms with Crippen LogP contribution in [0.3, 0.4) is 0 Å². The van der Waals surface area contributed by atoms with Crippen LogP contribution >= 0.6 is 27.3 Å². The molecule has 2 rings (SSSR count). The highest BCUT2D eigenvalue weighted by Gasteiger charge is 2.14. The van der Waals surface area contributed by atoms with E-state index < -0.39 is 0 Å². The predicted molar refractivity (Wildman–Crippen MR) is 73.2 cm³/mol. The Morgan fingerprint density at radius 3 is 2.65 bits per heavy atom. The molecule has 0 spiro atoms. The van der Waals surface area contributed by atoms with Crippen molar-refractivity contribution in [3.05, 3.63) is 50.1 Å². The van der Waals surface area contributed by atoms with Crippen LogP contribution < -0.4 is 4.74 Å². The van der Waals surface area contributed by atoms with E-state index >= 15 is 0 Å². The van der Waals surface area contributed by atoms with Crippen LogP contribution in [0.4, 0.5) is 0 Å². The van der Waals surface area contributed by atoms with E-state index in [2.05, 4.69) is 15.9 Å². The van der Waals surface area contributed by atoms with Gasteiger partial charge in [-0.2, -0.15) is 0 Å². The molecule has 0 aliphatic rings. The Hall–Kier alpha value is -1.13. The molecule has 0 aliphatic carbocycles. The van der Waals surface area contributed by atoms with Crippen LogP contribution in [0.25, 0.3) is 0 Å². The Morgan fingerprint density at radius 1 is 1.35 bits per heavy atom. The normalized spacial score (nSPS) is 10.3. The zero-order valence-corrected chi connectivity index (χ0v) is 11.9. The second-order valence-electron chi connectivity index (χ2n) is 3.57. The number of hydrogen-bond donors (Lipinski definition) is 0. The average Bonchev–Trinajstić information content (AvgIpc) is 2.74. The fourth-order valence-electron chi connectivity index (χ4n) is 1.58. The van der Waals surface area contributed by atoms with Crippen LogP contribution in [0, 0.1) is 6.92 Å². The predicted octanol–water partition coefficient (Wildman–Crippen LogP) is 4.06. The van der Waals surface area contributed by atoms with Crippen molar-refractivity contribution in [1.29, 1.82) is 0 Å². The van der Waals surface area contributed by atoms with Gasteiger partial charge in [-0.05, 0) is 52.5 Å². The molecule has 4 heteroatoms. The molecule has 0 aliphatic heterocycles. The smallest absolute Gasteiger partial charge is 0.194 e. The SMILES string of the molecule is COc1ccc(C(=O)c2ccsc2C)cc1Br. The zero-order valence-electron chi connectivity index (χ0n) is 9.49. The molecule has 1 aromatic heterocycles. The minimum absolute atomic E-state index is 0.0482. The van der Waals surface area contributed by atoms with Crippen LogP contribution in [-0.4, -0.2) is 12.9 Å². The van der Waals surface area contributed by atoms with E-state index in [4.69, 9.17) is 4.74 Å². The van der Waals surface area contributed by atoms with Crippen LogP contribution in [0.1, 0.15) is 20.8 Å². The van der Waals surface area contributed by atoms with E-state index in [0.717, 1.165) is 20.7 Å². The van der Waals surface area contributed by atoms with Crippen LogP contribution in [0.5, 0.6) is 5.75 Å². The standard InChI is InChI=1S/C13H11BrO2S/c1-8-10(5-6-17-8)13(15)9-3-4-12(16-2)11(14)7-9/h3-7H,1-2H3. The van der Waals surface area contributed by atoms with Gasteiger partial charge in [-0.25, -0.2) is 0 Å². The maximum atomic E-state index is 12.2. The lowest BCUT2D eigenvalue weighted by Crippen LogP contribution is -2.01. The zero-order chi connectivity index (χ0) is 12.4. The van der Waals surface area contributed by atoms with Gasteiger partial charge in [-0.1, -0.05) is 0 Å². The average molecular weight is 311 g/mol. The highest BCUT2D eigenvalue weighted by atomic mass is 79.9. The number of thiophene rings is 1. The molecule has 0 amide bonds. The van der Waals surface area contributed by atoms with Gasteiger partial charge in [0.1, 0.15) is 5.75 Å². The molecule has 0 radical (unpaired) electrons. The number of ether oxygens (including phenoxy) is 1. The van der Waals surface area contributed by atoms with Gasteiger partial charge in [0.15, 0.2) is 5.78 Å². The lowest BCUT2D eigenvalue weighted by molar-refractivity contribution is 0.103. The van der Waals surface area contributed by atoms with Crippen molar-refractivity contribution in [3.63, 3.8) is 0 Å². The molecule has 88 valence electrons. The molecule has 0 bridgehead atoms. The first kappa shape index (κ1) is 12.3. The summed E-state index contributed by atoms with van der Waals surface area (Å²) in [6.07, 6.45) is 0. The van der Waals surface area contributed by atoms with Crippen LogP contribution in [-0.2, 0) is 0 Å². The van der Waals surface area contributed by atoms with E-state index in [-0.39, 0.29) is 5.78 Å². The van der Waals surface area contributed by atoms with Gasteiger partial charge in [0.25, 0.3) is 0 Å². The molecule has 0 fully saturated rings. The van der Waals surface area contributed by atoms with Gasteiger partial charge in [0.05, 0.1) is 11.6 Å². The number of carbonyl (C=O) groups is 1. The minimum Gasteiger partial charge on any atom is -0.496 e. The quantitative estimate of drug-likeness (QED) is 0.799. The van der Waals surface area contributed by atoms with Crippen molar-refractivity contribution in [1.82, 2.24) is 0 Å². The van der Waals surface area contributed by atoms with Gasteiger partial charge in [-0.3, -0.25) is 4.79 Å². The summed E-state index contributed by atoms with van der Waals surface area (Å²) in [5, 5.41) is 1.93. The van der Waals surface area contributed by atoms with Crippen LogP contribution in [0.2, 0.25) is 0 Å². The lowest BCUT2D eigenvalue weighted by Gasteiger charge is -2.05. The number of methoxy groups -OCH3 is 1. The van der Waals surface area contributed by atoms with Crippen molar-refractivity contribution in [3.8, 4) is 5.75 Å². The first-order valence-corrected chi connectivity index (χ1v) is 6.73. The number of benzene rings is 1. The van der Waals surface area contributed by atoms with Crippen molar-refractivity contribution in [2.24, 2.45) is 0 Å². The highest BCUT2D eigenvalue weighted by Crippen LogP contribution is 2.27. The highest BCUT2D eigenvalue weighted by molar-refractivity contribution is 9.10. The molecular weight excluding hydrogens is 300 g/mol. The first-order chi connectivity index (χ1) is 8.13. The topological polar surface area (TPSA) is 26.3 Å².